The number of benzene rings is 2. The number of nitrogens with one attached hydrogen (secondary N) is 1. The molecule has 2 aromatic carbocycles. The van der Waals surface area contributed by atoms with Crippen molar-refractivity contribution in [3.8, 4) is 17.2 Å². The fourth-order valence-electron chi connectivity index (χ4n) is 2.59. The highest BCUT2D eigenvalue weighted by molar-refractivity contribution is 6.02. The van der Waals surface area contributed by atoms with E-state index in [1.165, 1.54) is 42.1 Å². The Balaban J connectivity index is 1.81. The zero-order valence-electron chi connectivity index (χ0n) is 15.8. The molecule has 11 heteroatoms. The van der Waals surface area contributed by atoms with Gasteiger partial charge in [0.05, 0.1) is 18.5 Å². The number of ether oxygens (including phenoxy) is 2. The van der Waals surface area contributed by atoms with Gasteiger partial charge in [0.1, 0.15) is 5.82 Å². The zero-order chi connectivity index (χ0) is 21.7. The molecular formula is C19H16F3N5O3. The molecule has 8 nitrogen and oxygen atoms in total. The summed E-state index contributed by atoms with van der Waals surface area (Å²) in [4.78, 5) is 12.3. The van der Waals surface area contributed by atoms with Crippen LogP contribution >= 0.6 is 0 Å². The number of alkyl halides is 2. The highest BCUT2D eigenvalue weighted by Gasteiger charge is 2.14. The largest absolute Gasteiger partial charge is 0.493 e. The Kier molecular flexibility index (Phi) is 6.30. The molecule has 3 rings (SSSR count). The number of amides is 1. The summed E-state index contributed by atoms with van der Waals surface area (Å²) in [5.41, 5.74) is 0.522. The highest BCUT2D eigenvalue weighted by Crippen LogP contribution is 2.33. The van der Waals surface area contributed by atoms with E-state index in [2.05, 4.69) is 25.6 Å². The summed E-state index contributed by atoms with van der Waals surface area (Å²) in [5, 5.41) is 13.4. The van der Waals surface area contributed by atoms with Crippen LogP contribution in [0.25, 0.3) is 11.8 Å². The topological polar surface area (TPSA) is 91.2 Å². The molecule has 0 aliphatic heterocycles. The summed E-state index contributed by atoms with van der Waals surface area (Å²) in [6.07, 6.45) is 2.31. The van der Waals surface area contributed by atoms with Crippen LogP contribution in [0.4, 0.5) is 18.9 Å². The number of aryl methyl sites for hydroxylation is 1. The van der Waals surface area contributed by atoms with E-state index < -0.39 is 18.3 Å². The standard InChI is InChI=1S/C19H16F3N5O3/c1-11-24-25-26-27(11)13-7-8-14(20)15(10-13)23-17(28)9-6-12-4-3-5-16(29-2)18(12)30-19(21)22/h3-10,19H,1-2H3,(H,23,28)/b9-6+. The number of para-hydroxylation sites is 1. The normalized spacial score (nSPS) is 11.1. The first-order valence-electron chi connectivity index (χ1n) is 8.55. The van der Waals surface area contributed by atoms with Crippen LogP contribution in [-0.2, 0) is 4.79 Å². The Morgan fingerprint density at radius 2 is 2.07 bits per heavy atom. The first-order chi connectivity index (χ1) is 14.4. The Morgan fingerprint density at radius 1 is 1.27 bits per heavy atom. The number of hydrogen-bond donors (Lipinski definition) is 1. The van der Waals surface area contributed by atoms with Crippen LogP contribution in [0.2, 0.25) is 0 Å². The number of methoxy groups -OCH3 is 1. The number of nitrogens with zero attached hydrogens (tertiary/aromatic N) is 4. The molecule has 0 spiro atoms. The van der Waals surface area contributed by atoms with E-state index in [0.29, 0.717) is 11.5 Å². The van der Waals surface area contributed by atoms with Gasteiger partial charge in [-0.1, -0.05) is 12.1 Å². The summed E-state index contributed by atoms with van der Waals surface area (Å²) in [7, 11) is 1.30. The number of halogens is 3. The number of carbonyl (C=O) groups excluding carboxylic acids is 1. The lowest BCUT2D eigenvalue weighted by Gasteiger charge is -2.12. The summed E-state index contributed by atoms with van der Waals surface area (Å²) in [6, 6.07) is 8.43. The quantitative estimate of drug-likeness (QED) is 0.591. The third-order valence-corrected chi connectivity index (χ3v) is 3.93. The van der Waals surface area contributed by atoms with Crippen LogP contribution in [0.15, 0.2) is 42.5 Å². The van der Waals surface area contributed by atoms with Gasteiger partial charge in [-0.25, -0.2) is 4.39 Å². The van der Waals surface area contributed by atoms with E-state index >= 15 is 0 Å². The molecular weight excluding hydrogens is 403 g/mol. The molecule has 0 bridgehead atoms. The maximum absolute atomic E-state index is 14.1. The molecule has 1 amide bonds. The van der Waals surface area contributed by atoms with Crippen molar-refractivity contribution in [1.29, 1.82) is 0 Å². The van der Waals surface area contributed by atoms with E-state index in [-0.39, 0.29) is 22.7 Å². The minimum absolute atomic E-state index is 0.0772. The zero-order valence-corrected chi connectivity index (χ0v) is 15.8. The fraction of sp³-hybridized carbons (Fsp3) is 0.158. The Morgan fingerprint density at radius 3 is 2.73 bits per heavy atom. The Hall–Kier alpha value is -3.89. The maximum Gasteiger partial charge on any atom is 0.387 e. The molecule has 156 valence electrons. The van der Waals surface area contributed by atoms with Gasteiger partial charge < -0.3 is 14.8 Å². The van der Waals surface area contributed by atoms with Crippen molar-refractivity contribution < 1.29 is 27.4 Å². The minimum atomic E-state index is -3.08. The van der Waals surface area contributed by atoms with E-state index in [1.54, 1.807) is 13.0 Å². The molecule has 0 saturated heterocycles. The number of rotatable bonds is 7. The third-order valence-electron chi connectivity index (χ3n) is 3.93. The van der Waals surface area contributed by atoms with Crippen molar-refractivity contribution in [2.75, 3.05) is 12.4 Å². The number of anilines is 1. The molecule has 0 saturated carbocycles. The molecule has 1 N–H and O–H groups in total. The van der Waals surface area contributed by atoms with Crippen LogP contribution in [0, 0.1) is 12.7 Å². The Bertz CT molecular complexity index is 1090. The van der Waals surface area contributed by atoms with E-state index in [1.807, 2.05) is 0 Å². The van der Waals surface area contributed by atoms with E-state index in [0.717, 1.165) is 12.1 Å². The van der Waals surface area contributed by atoms with Crippen LogP contribution in [0.5, 0.6) is 11.5 Å². The van der Waals surface area contributed by atoms with Crippen molar-refractivity contribution in [2.45, 2.75) is 13.5 Å². The monoisotopic (exact) mass is 419 g/mol. The summed E-state index contributed by atoms with van der Waals surface area (Å²) < 4.78 is 50.4. The van der Waals surface area contributed by atoms with Crippen molar-refractivity contribution >= 4 is 17.7 Å². The SMILES string of the molecule is COc1cccc(/C=C/C(=O)Nc2cc(-n3nnnc3C)ccc2F)c1OC(F)F. The number of hydrogen-bond acceptors (Lipinski definition) is 6. The fourth-order valence-corrected chi connectivity index (χ4v) is 2.59. The second kappa shape index (κ2) is 9.07. The molecule has 0 aliphatic carbocycles. The summed E-state index contributed by atoms with van der Waals surface area (Å²) >= 11 is 0. The maximum atomic E-state index is 14.1. The van der Waals surface area contributed by atoms with Gasteiger partial charge in [0.15, 0.2) is 17.3 Å². The van der Waals surface area contributed by atoms with Crippen LogP contribution in [0.3, 0.4) is 0 Å². The summed E-state index contributed by atoms with van der Waals surface area (Å²) in [6.45, 7) is -1.41. The van der Waals surface area contributed by atoms with Crippen LogP contribution in [0.1, 0.15) is 11.4 Å². The van der Waals surface area contributed by atoms with Gasteiger partial charge in [0.2, 0.25) is 5.91 Å². The third kappa shape index (κ3) is 4.74. The van der Waals surface area contributed by atoms with Gasteiger partial charge >= 0.3 is 6.61 Å². The number of aromatic nitrogens is 4. The second-order valence-corrected chi connectivity index (χ2v) is 5.88. The molecule has 0 atom stereocenters. The second-order valence-electron chi connectivity index (χ2n) is 5.88. The van der Waals surface area contributed by atoms with Gasteiger partial charge in [0.25, 0.3) is 0 Å². The molecule has 0 radical (unpaired) electrons. The van der Waals surface area contributed by atoms with Gasteiger partial charge in [-0.3, -0.25) is 4.79 Å². The predicted molar refractivity (Wildman–Crippen MR) is 101 cm³/mol. The lowest BCUT2D eigenvalue weighted by atomic mass is 10.1. The average molecular weight is 419 g/mol. The highest BCUT2D eigenvalue weighted by atomic mass is 19.3. The van der Waals surface area contributed by atoms with Crippen molar-refractivity contribution in [2.24, 2.45) is 0 Å². The van der Waals surface area contributed by atoms with Gasteiger partial charge in [-0.05, 0) is 47.7 Å². The Labute approximate surface area is 168 Å². The molecule has 3 aromatic rings. The first kappa shape index (κ1) is 20.8. The van der Waals surface area contributed by atoms with E-state index in [9.17, 15) is 18.0 Å². The molecule has 0 unspecified atom stereocenters. The molecule has 0 fully saturated rings. The van der Waals surface area contributed by atoms with Crippen molar-refractivity contribution in [3.63, 3.8) is 0 Å². The lowest BCUT2D eigenvalue weighted by molar-refractivity contribution is -0.111. The van der Waals surface area contributed by atoms with Crippen molar-refractivity contribution in [3.05, 3.63) is 59.7 Å². The van der Waals surface area contributed by atoms with Crippen molar-refractivity contribution in [1.82, 2.24) is 20.2 Å². The lowest BCUT2D eigenvalue weighted by Crippen LogP contribution is -2.10. The van der Waals surface area contributed by atoms with Crippen LogP contribution in [-0.4, -0.2) is 39.8 Å². The molecule has 0 aliphatic rings. The molecule has 30 heavy (non-hydrogen) atoms. The number of tetrazole rings is 1. The van der Waals surface area contributed by atoms with Crippen LogP contribution < -0.4 is 14.8 Å². The van der Waals surface area contributed by atoms with Gasteiger partial charge in [-0.15, -0.1) is 5.10 Å². The molecule has 1 aromatic heterocycles. The first-order valence-corrected chi connectivity index (χ1v) is 8.55. The van der Waals surface area contributed by atoms with E-state index in [4.69, 9.17) is 4.74 Å². The smallest absolute Gasteiger partial charge is 0.387 e. The minimum Gasteiger partial charge on any atom is -0.493 e. The van der Waals surface area contributed by atoms with Gasteiger partial charge in [-0.2, -0.15) is 13.5 Å². The van der Waals surface area contributed by atoms with Gasteiger partial charge in [0, 0.05) is 11.6 Å². The molecule has 1 heterocycles. The average Bonchev–Trinajstić information content (AvgIpc) is 3.14. The number of carbonyl (C=O) groups is 1. The predicted octanol–water partition coefficient (Wildman–Crippen LogP) is 3.37. The summed E-state index contributed by atoms with van der Waals surface area (Å²) in [5.74, 6) is -1.03.